The van der Waals surface area contributed by atoms with Crippen LogP contribution in [0.4, 0.5) is 0 Å². The molecule has 1 aliphatic heterocycles. The highest BCUT2D eigenvalue weighted by atomic mass is 16.5. The van der Waals surface area contributed by atoms with Gasteiger partial charge in [0.2, 0.25) is 5.91 Å². The molecule has 4 bridgehead atoms. The van der Waals surface area contributed by atoms with E-state index in [2.05, 4.69) is 31.4 Å². The number of carbonyl (C=O) groups is 1. The third kappa shape index (κ3) is 7.95. The van der Waals surface area contributed by atoms with Gasteiger partial charge in [0.05, 0.1) is 42.9 Å². The molecule has 268 valence electrons. The number of nitrogens with zero attached hydrogens (tertiary/aromatic N) is 6. The van der Waals surface area contributed by atoms with Crippen LogP contribution in [0.25, 0.3) is 22.6 Å². The molecule has 1 saturated heterocycles. The maximum atomic E-state index is 12.9. The van der Waals surface area contributed by atoms with E-state index in [9.17, 15) is 14.9 Å². The largest absolute Gasteiger partial charge is 0.490 e. The predicted molar refractivity (Wildman–Crippen MR) is 198 cm³/mol. The number of hydrogen-bond acceptors (Lipinski definition) is 8. The predicted octanol–water partition coefficient (Wildman–Crippen LogP) is 6.10. The van der Waals surface area contributed by atoms with Crippen molar-refractivity contribution in [3.63, 3.8) is 0 Å². The Bertz CT molecular complexity index is 1960. The summed E-state index contributed by atoms with van der Waals surface area (Å²) in [6.45, 7) is 4.61. The number of likely N-dealkylation sites (tertiary alicyclic amines) is 1. The van der Waals surface area contributed by atoms with Gasteiger partial charge in [-0.2, -0.15) is 10.4 Å². The van der Waals surface area contributed by atoms with Crippen molar-refractivity contribution in [3.05, 3.63) is 94.5 Å². The number of aromatic nitrogens is 4. The molecule has 2 aromatic heterocycles. The standard InChI is InChI=1S/C42H47N7O3/c43-24-30-3-1-5-35(18-30)38-7-8-40(51)49(47-38)27-31-4-2-6-36(19-31)41-45-25-37(26-46-41)52-28-29-9-12-48(13-10-29)14-11-44-39(50)23-42-20-32-15-33(21-42)17-34(16-32)22-42/h1-8,18-19,25-26,29,32-34H,9-17,20-23,27-28H2,(H,44,50). The van der Waals surface area contributed by atoms with E-state index in [-0.39, 0.29) is 18.0 Å². The SMILES string of the molecule is N#Cc1cccc(-c2ccc(=O)n(Cc3cccc(-c4ncc(OCC5CCN(CCNC(=O)CC67CC8CC(CC(C8)C6)C7)CC5)cn4)c3)n2)c1. The van der Waals surface area contributed by atoms with Gasteiger partial charge in [0.25, 0.3) is 5.56 Å². The second kappa shape index (κ2) is 15.0. The van der Waals surface area contributed by atoms with Crippen LogP contribution in [-0.4, -0.2) is 63.3 Å². The fourth-order valence-electron chi connectivity index (χ4n) is 9.84. The number of piperidine rings is 1. The van der Waals surface area contributed by atoms with Crippen molar-refractivity contribution in [3.8, 4) is 34.5 Å². The Hall–Kier alpha value is -4.88. The van der Waals surface area contributed by atoms with Crippen molar-refractivity contribution in [2.75, 3.05) is 32.8 Å². The first-order valence-corrected chi connectivity index (χ1v) is 19.0. The van der Waals surface area contributed by atoms with E-state index in [0.29, 0.717) is 40.8 Å². The van der Waals surface area contributed by atoms with Crippen molar-refractivity contribution >= 4 is 5.91 Å². The fourth-order valence-corrected chi connectivity index (χ4v) is 9.84. The number of rotatable bonds is 12. The van der Waals surface area contributed by atoms with Gasteiger partial charge in [-0.3, -0.25) is 9.59 Å². The van der Waals surface area contributed by atoms with Crippen LogP contribution in [0.5, 0.6) is 5.75 Å². The van der Waals surface area contributed by atoms with Gasteiger partial charge in [-0.25, -0.2) is 14.6 Å². The monoisotopic (exact) mass is 697 g/mol. The summed E-state index contributed by atoms with van der Waals surface area (Å²) in [4.78, 5) is 37.2. The van der Waals surface area contributed by atoms with Crippen LogP contribution < -0.4 is 15.6 Å². The van der Waals surface area contributed by atoms with E-state index < -0.39 is 0 Å². The van der Waals surface area contributed by atoms with E-state index >= 15 is 0 Å². The van der Waals surface area contributed by atoms with E-state index in [1.54, 1.807) is 30.6 Å². The van der Waals surface area contributed by atoms with Gasteiger partial charge >= 0.3 is 0 Å². The zero-order valence-electron chi connectivity index (χ0n) is 29.8. The zero-order valence-corrected chi connectivity index (χ0v) is 29.8. The molecule has 1 amide bonds. The number of nitrogens with one attached hydrogen (secondary N) is 1. The summed E-state index contributed by atoms with van der Waals surface area (Å²) in [6, 6.07) is 20.3. The summed E-state index contributed by atoms with van der Waals surface area (Å²) in [6.07, 6.45) is 14.4. The van der Waals surface area contributed by atoms with Gasteiger partial charge in [0.15, 0.2) is 11.6 Å². The topological polar surface area (TPSA) is 126 Å². The highest BCUT2D eigenvalue weighted by Crippen LogP contribution is 2.61. The molecule has 0 atom stereocenters. The minimum absolute atomic E-state index is 0.208. The highest BCUT2D eigenvalue weighted by Gasteiger charge is 2.51. The third-order valence-corrected chi connectivity index (χ3v) is 11.9. The summed E-state index contributed by atoms with van der Waals surface area (Å²) in [5, 5.41) is 17.1. The average Bonchev–Trinajstić information content (AvgIpc) is 3.15. The molecule has 0 spiro atoms. The lowest BCUT2D eigenvalue weighted by Gasteiger charge is -2.56. The van der Waals surface area contributed by atoms with Crippen LogP contribution in [0.3, 0.4) is 0 Å². The smallest absolute Gasteiger partial charge is 0.267 e. The molecule has 0 radical (unpaired) electrons. The van der Waals surface area contributed by atoms with Crippen molar-refractivity contribution in [1.82, 2.24) is 30.0 Å². The molecule has 10 nitrogen and oxygen atoms in total. The summed E-state index contributed by atoms with van der Waals surface area (Å²) >= 11 is 0. The van der Waals surface area contributed by atoms with E-state index in [1.165, 1.54) is 49.3 Å². The third-order valence-electron chi connectivity index (χ3n) is 11.9. The Kier molecular flexibility index (Phi) is 9.87. The Morgan fingerprint density at radius 2 is 1.63 bits per heavy atom. The minimum atomic E-state index is -0.208. The molecule has 9 rings (SSSR count). The number of amides is 1. The molecule has 5 aliphatic rings. The maximum absolute atomic E-state index is 12.9. The van der Waals surface area contributed by atoms with Gasteiger partial charge in [0.1, 0.15) is 0 Å². The Morgan fingerprint density at radius 1 is 0.923 bits per heavy atom. The quantitative estimate of drug-likeness (QED) is 0.188. The van der Waals surface area contributed by atoms with Crippen molar-refractivity contribution in [1.29, 1.82) is 5.26 Å². The fraction of sp³-hybridized carbons (Fsp3) is 0.476. The highest BCUT2D eigenvalue weighted by molar-refractivity contribution is 5.76. The lowest BCUT2D eigenvalue weighted by molar-refractivity contribution is -0.129. The molecule has 4 aliphatic carbocycles. The first-order valence-electron chi connectivity index (χ1n) is 19.0. The molecule has 3 heterocycles. The van der Waals surface area contributed by atoms with Gasteiger partial charge in [-0.15, -0.1) is 0 Å². The Labute approximate surface area is 305 Å². The Morgan fingerprint density at radius 3 is 2.37 bits per heavy atom. The van der Waals surface area contributed by atoms with Crippen molar-refractivity contribution < 1.29 is 9.53 Å². The van der Waals surface area contributed by atoms with Crippen LogP contribution in [0.15, 0.2) is 77.9 Å². The number of carbonyl (C=O) groups excluding carboxylic acids is 1. The molecule has 52 heavy (non-hydrogen) atoms. The summed E-state index contributed by atoms with van der Waals surface area (Å²) < 4.78 is 7.54. The Balaban J connectivity index is 0.777. The van der Waals surface area contributed by atoms with Gasteiger partial charge < -0.3 is 15.0 Å². The molecule has 1 N–H and O–H groups in total. The molecular weight excluding hydrogens is 651 g/mol. The molecule has 4 saturated carbocycles. The first-order chi connectivity index (χ1) is 25.4. The molecule has 4 aromatic rings. The van der Waals surface area contributed by atoms with Crippen LogP contribution in [0.2, 0.25) is 0 Å². The van der Waals surface area contributed by atoms with Gasteiger partial charge in [-0.1, -0.05) is 30.3 Å². The van der Waals surface area contributed by atoms with Crippen LogP contribution in [0.1, 0.15) is 68.9 Å². The van der Waals surface area contributed by atoms with E-state index in [0.717, 1.165) is 79.9 Å². The molecule has 10 heteroatoms. The molecule has 0 unspecified atom stereocenters. The first kappa shape index (κ1) is 34.2. The lowest BCUT2D eigenvalue weighted by Crippen LogP contribution is -2.48. The normalized spacial score (nSPS) is 24.0. The van der Waals surface area contributed by atoms with Gasteiger partial charge in [-0.05, 0) is 123 Å². The molecule has 5 fully saturated rings. The molecular formula is C42H47N7O3. The van der Waals surface area contributed by atoms with Crippen LogP contribution in [0, 0.1) is 40.4 Å². The van der Waals surface area contributed by atoms with Crippen molar-refractivity contribution in [2.45, 2.75) is 64.3 Å². The second-order valence-electron chi connectivity index (χ2n) is 15.9. The summed E-state index contributed by atoms with van der Waals surface area (Å²) in [5.41, 5.74) is 3.77. The number of benzene rings is 2. The summed E-state index contributed by atoms with van der Waals surface area (Å²) in [5.74, 6) is 4.63. The van der Waals surface area contributed by atoms with Crippen molar-refractivity contribution in [2.24, 2.45) is 29.1 Å². The van der Waals surface area contributed by atoms with Crippen LogP contribution in [-0.2, 0) is 11.3 Å². The minimum Gasteiger partial charge on any atom is -0.490 e. The van der Waals surface area contributed by atoms with Gasteiger partial charge in [0, 0.05) is 36.7 Å². The number of ether oxygens (including phenoxy) is 1. The van der Waals surface area contributed by atoms with Crippen LogP contribution >= 0.6 is 0 Å². The summed E-state index contributed by atoms with van der Waals surface area (Å²) in [7, 11) is 0. The lowest BCUT2D eigenvalue weighted by atomic mass is 9.49. The maximum Gasteiger partial charge on any atom is 0.267 e. The number of hydrogen-bond donors (Lipinski definition) is 1. The zero-order chi connectivity index (χ0) is 35.5. The molecule has 2 aromatic carbocycles. The average molecular weight is 698 g/mol. The number of nitriles is 1. The second-order valence-corrected chi connectivity index (χ2v) is 15.9. The van der Waals surface area contributed by atoms with E-state index in [1.807, 2.05) is 36.4 Å². The van der Waals surface area contributed by atoms with E-state index in [4.69, 9.17) is 4.74 Å².